The molecule has 346 valence electrons. The highest BCUT2D eigenvalue weighted by Gasteiger charge is 2.19. The number of carbonyl (C=O) groups excluding carboxylic acids is 3. The Bertz CT molecular complexity index is 1100. The molecule has 0 saturated carbocycles. The molecule has 0 aliphatic heterocycles. The van der Waals surface area contributed by atoms with Gasteiger partial charge in [0.15, 0.2) is 6.10 Å². The van der Waals surface area contributed by atoms with E-state index in [-0.39, 0.29) is 31.1 Å². The van der Waals surface area contributed by atoms with Gasteiger partial charge in [-0.2, -0.15) is 0 Å². The van der Waals surface area contributed by atoms with E-state index < -0.39 is 6.10 Å². The third-order valence-electron chi connectivity index (χ3n) is 10.7. The second-order valence-corrected chi connectivity index (χ2v) is 16.7. The van der Waals surface area contributed by atoms with Crippen LogP contribution in [0.5, 0.6) is 0 Å². The van der Waals surface area contributed by atoms with Crippen LogP contribution in [0.15, 0.2) is 60.8 Å². The van der Waals surface area contributed by atoms with E-state index in [2.05, 4.69) is 81.5 Å². The molecule has 1 atom stereocenters. The second-order valence-electron chi connectivity index (χ2n) is 16.7. The number of hydrogen-bond donors (Lipinski definition) is 0. The van der Waals surface area contributed by atoms with Crippen molar-refractivity contribution in [1.29, 1.82) is 0 Å². The Morgan fingerprint density at radius 2 is 0.617 bits per heavy atom. The van der Waals surface area contributed by atoms with Gasteiger partial charge in [0.1, 0.15) is 13.2 Å². The predicted octanol–water partition coefficient (Wildman–Crippen LogP) is 16.5. The smallest absolute Gasteiger partial charge is 0.306 e. The third kappa shape index (κ3) is 46.2. The highest BCUT2D eigenvalue weighted by Crippen LogP contribution is 2.14. The van der Waals surface area contributed by atoms with Crippen molar-refractivity contribution in [2.45, 2.75) is 252 Å². The van der Waals surface area contributed by atoms with Crippen LogP contribution in [0.3, 0.4) is 0 Å². The van der Waals surface area contributed by atoms with Crippen molar-refractivity contribution in [1.82, 2.24) is 0 Å². The first kappa shape index (κ1) is 57.1. The van der Waals surface area contributed by atoms with Gasteiger partial charge in [0.25, 0.3) is 0 Å². The Hall–Kier alpha value is -2.89. The number of allylic oxidation sites excluding steroid dienone is 10. The standard InChI is InChI=1S/C54H94O6/c1-4-7-10-13-16-19-22-24-26-27-28-30-32-35-38-41-44-47-53(56)59-50-51(49-58-52(55)46-43-40-37-34-31-21-18-15-12-9-6-3)60-54(57)48-45-42-39-36-33-29-25-23-20-17-14-11-8-5-2/h14-19,23-26,51H,4-13,20-22,27-50H2,1-3H3/b17-14-,18-15-,19-16-,25-23-,26-24-. The molecule has 0 aromatic carbocycles. The summed E-state index contributed by atoms with van der Waals surface area (Å²) in [6.45, 7) is 6.51. The van der Waals surface area contributed by atoms with Crippen molar-refractivity contribution >= 4 is 17.9 Å². The maximum atomic E-state index is 12.8. The van der Waals surface area contributed by atoms with Gasteiger partial charge in [-0.3, -0.25) is 14.4 Å². The minimum absolute atomic E-state index is 0.0868. The van der Waals surface area contributed by atoms with E-state index >= 15 is 0 Å². The first-order chi connectivity index (χ1) is 29.5. The molecule has 0 aromatic rings. The zero-order valence-electron chi connectivity index (χ0n) is 39.5. The van der Waals surface area contributed by atoms with Crippen LogP contribution in [0.4, 0.5) is 0 Å². The van der Waals surface area contributed by atoms with E-state index in [9.17, 15) is 14.4 Å². The molecular weight excluding hydrogens is 745 g/mol. The molecule has 0 saturated heterocycles. The molecular formula is C54H94O6. The van der Waals surface area contributed by atoms with Crippen LogP contribution in [0.2, 0.25) is 0 Å². The molecule has 0 radical (unpaired) electrons. The second kappa shape index (κ2) is 48.8. The minimum atomic E-state index is -0.786. The summed E-state index contributed by atoms with van der Waals surface area (Å²) in [4.78, 5) is 37.9. The Labute approximate surface area is 370 Å². The van der Waals surface area contributed by atoms with Crippen LogP contribution in [0.1, 0.15) is 245 Å². The van der Waals surface area contributed by atoms with Crippen LogP contribution < -0.4 is 0 Å². The largest absolute Gasteiger partial charge is 0.462 e. The molecule has 60 heavy (non-hydrogen) atoms. The van der Waals surface area contributed by atoms with E-state index in [0.29, 0.717) is 19.3 Å². The molecule has 6 nitrogen and oxygen atoms in total. The molecule has 0 aliphatic carbocycles. The summed E-state index contributed by atoms with van der Waals surface area (Å²) in [6, 6.07) is 0. The molecule has 0 aromatic heterocycles. The number of carbonyl (C=O) groups is 3. The van der Waals surface area contributed by atoms with Crippen LogP contribution >= 0.6 is 0 Å². The zero-order chi connectivity index (χ0) is 43.7. The lowest BCUT2D eigenvalue weighted by molar-refractivity contribution is -0.167. The average Bonchev–Trinajstić information content (AvgIpc) is 3.24. The van der Waals surface area contributed by atoms with Gasteiger partial charge < -0.3 is 14.2 Å². The molecule has 0 spiro atoms. The van der Waals surface area contributed by atoms with Crippen LogP contribution in [0, 0.1) is 0 Å². The summed E-state index contributed by atoms with van der Waals surface area (Å²) in [5.74, 6) is -0.917. The van der Waals surface area contributed by atoms with Crippen molar-refractivity contribution in [3.63, 3.8) is 0 Å². The molecule has 0 heterocycles. The number of rotatable bonds is 45. The molecule has 0 fully saturated rings. The molecule has 0 N–H and O–H groups in total. The number of ether oxygens (including phenoxy) is 3. The SMILES string of the molecule is CCCC/C=C\C/C=C\CCCCCCCC(=O)OC(COC(=O)CCCCCCC/C=C\CCCC)COC(=O)CCCCCCCCC/C=C\C/C=C\CCCCC. The lowest BCUT2D eigenvalue weighted by Crippen LogP contribution is -2.30. The summed E-state index contributed by atoms with van der Waals surface area (Å²) < 4.78 is 16.7. The normalized spacial score (nSPS) is 12.5. The molecule has 0 rings (SSSR count). The fourth-order valence-electron chi connectivity index (χ4n) is 6.82. The van der Waals surface area contributed by atoms with Gasteiger partial charge in [-0.1, -0.05) is 191 Å². The predicted molar refractivity (Wildman–Crippen MR) is 256 cm³/mol. The van der Waals surface area contributed by atoms with Gasteiger partial charge in [0.05, 0.1) is 0 Å². The van der Waals surface area contributed by atoms with Gasteiger partial charge >= 0.3 is 17.9 Å². The summed E-state index contributed by atoms with van der Waals surface area (Å²) >= 11 is 0. The topological polar surface area (TPSA) is 78.9 Å². The maximum Gasteiger partial charge on any atom is 0.306 e. The van der Waals surface area contributed by atoms with E-state index in [1.54, 1.807) is 0 Å². The van der Waals surface area contributed by atoms with Gasteiger partial charge in [0.2, 0.25) is 0 Å². The van der Waals surface area contributed by atoms with Crippen LogP contribution in [-0.4, -0.2) is 37.2 Å². The Morgan fingerprint density at radius 3 is 0.983 bits per heavy atom. The average molecular weight is 839 g/mol. The molecule has 6 heteroatoms. The molecule has 0 amide bonds. The summed E-state index contributed by atoms with van der Waals surface area (Å²) in [6.07, 6.45) is 59.1. The van der Waals surface area contributed by atoms with Crippen molar-refractivity contribution < 1.29 is 28.6 Å². The third-order valence-corrected chi connectivity index (χ3v) is 10.7. The van der Waals surface area contributed by atoms with Crippen molar-refractivity contribution in [2.75, 3.05) is 13.2 Å². The van der Waals surface area contributed by atoms with E-state index in [0.717, 1.165) is 103 Å². The number of esters is 3. The minimum Gasteiger partial charge on any atom is -0.462 e. The van der Waals surface area contributed by atoms with Gasteiger partial charge in [0, 0.05) is 19.3 Å². The number of hydrogen-bond acceptors (Lipinski definition) is 6. The van der Waals surface area contributed by atoms with E-state index in [4.69, 9.17) is 14.2 Å². The summed E-state index contributed by atoms with van der Waals surface area (Å²) in [5, 5.41) is 0. The monoisotopic (exact) mass is 839 g/mol. The van der Waals surface area contributed by atoms with Gasteiger partial charge in [-0.15, -0.1) is 0 Å². The lowest BCUT2D eigenvalue weighted by atomic mass is 10.1. The lowest BCUT2D eigenvalue weighted by Gasteiger charge is -2.18. The Balaban J connectivity index is 4.40. The quantitative estimate of drug-likeness (QED) is 0.0263. The summed E-state index contributed by atoms with van der Waals surface area (Å²) in [7, 11) is 0. The van der Waals surface area contributed by atoms with E-state index in [1.165, 1.54) is 103 Å². The Kier molecular flexibility index (Phi) is 46.4. The van der Waals surface area contributed by atoms with Crippen molar-refractivity contribution in [2.24, 2.45) is 0 Å². The van der Waals surface area contributed by atoms with Crippen molar-refractivity contribution in [3.8, 4) is 0 Å². The Morgan fingerprint density at radius 1 is 0.333 bits per heavy atom. The number of unbranched alkanes of at least 4 members (excludes halogenated alkanes) is 24. The zero-order valence-corrected chi connectivity index (χ0v) is 39.5. The summed E-state index contributed by atoms with van der Waals surface area (Å²) in [5.41, 5.74) is 0. The van der Waals surface area contributed by atoms with Crippen LogP contribution in [-0.2, 0) is 28.6 Å². The highest BCUT2D eigenvalue weighted by molar-refractivity contribution is 5.71. The maximum absolute atomic E-state index is 12.8. The first-order valence-corrected chi connectivity index (χ1v) is 25.3. The van der Waals surface area contributed by atoms with Crippen LogP contribution in [0.25, 0.3) is 0 Å². The first-order valence-electron chi connectivity index (χ1n) is 25.3. The highest BCUT2D eigenvalue weighted by atomic mass is 16.6. The van der Waals surface area contributed by atoms with Gasteiger partial charge in [-0.25, -0.2) is 0 Å². The molecule has 1 unspecified atom stereocenters. The van der Waals surface area contributed by atoms with Crippen molar-refractivity contribution in [3.05, 3.63) is 60.8 Å². The molecule has 0 bridgehead atoms. The van der Waals surface area contributed by atoms with E-state index in [1.807, 2.05) is 0 Å². The molecule has 0 aliphatic rings. The van der Waals surface area contributed by atoms with Gasteiger partial charge in [-0.05, 0) is 96.3 Å². The fourth-order valence-corrected chi connectivity index (χ4v) is 6.82. The fraction of sp³-hybridized carbons (Fsp3) is 0.759.